The summed E-state index contributed by atoms with van der Waals surface area (Å²) >= 11 is 0. The zero-order valence-corrected chi connectivity index (χ0v) is 12.3. The number of hydrogen-bond acceptors (Lipinski definition) is 5. The van der Waals surface area contributed by atoms with E-state index in [4.69, 9.17) is 5.11 Å². The monoisotopic (exact) mass is 287 g/mol. The first kappa shape index (κ1) is 15.9. The number of aromatic nitrogens is 1. The third kappa shape index (κ3) is 3.65. The number of aliphatic hydroxyl groups is 1. The highest BCUT2D eigenvalue weighted by Crippen LogP contribution is 2.23. The first-order valence-corrected chi connectivity index (χ1v) is 7.70. The molecule has 19 heavy (non-hydrogen) atoms. The van der Waals surface area contributed by atoms with E-state index in [1.807, 2.05) is 6.92 Å². The molecule has 1 aromatic heterocycles. The molecular weight excluding hydrogens is 266 g/mol. The van der Waals surface area contributed by atoms with Crippen LogP contribution in [0.2, 0.25) is 0 Å². The largest absolute Gasteiger partial charge is 0.395 e. The number of nitrogens with zero attached hydrogens (tertiary/aromatic N) is 2. The van der Waals surface area contributed by atoms with Gasteiger partial charge in [0.05, 0.1) is 6.61 Å². The number of pyridine rings is 1. The normalized spacial score (nSPS) is 12.1. The predicted molar refractivity (Wildman–Crippen MR) is 74.5 cm³/mol. The van der Waals surface area contributed by atoms with Crippen LogP contribution in [0.25, 0.3) is 0 Å². The van der Waals surface area contributed by atoms with Crippen LogP contribution in [0.1, 0.15) is 20.8 Å². The van der Waals surface area contributed by atoms with Gasteiger partial charge in [0.1, 0.15) is 10.7 Å². The lowest BCUT2D eigenvalue weighted by Crippen LogP contribution is -2.39. The van der Waals surface area contributed by atoms with Gasteiger partial charge < -0.3 is 10.4 Å². The third-order valence-corrected chi connectivity index (χ3v) is 4.70. The highest BCUT2D eigenvalue weighted by Gasteiger charge is 2.29. The molecule has 7 heteroatoms. The van der Waals surface area contributed by atoms with Gasteiger partial charge in [0.25, 0.3) is 0 Å². The van der Waals surface area contributed by atoms with Gasteiger partial charge >= 0.3 is 0 Å². The summed E-state index contributed by atoms with van der Waals surface area (Å²) in [5, 5.41) is 12.0. The van der Waals surface area contributed by atoms with Crippen LogP contribution in [0.4, 0.5) is 5.82 Å². The Morgan fingerprint density at radius 1 is 1.47 bits per heavy atom. The molecule has 0 aliphatic rings. The number of sulfonamides is 1. The van der Waals surface area contributed by atoms with Crippen molar-refractivity contribution in [2.45, 2.75) is 31.7 Å². The SMILES string of the molecule is CCNc1ncccc1S(=O)(=O)N(CCO)C(C)C. The summed E-state index contributed by atoms with van der Waals surface area (Å²) in [4.78, 5) is 4.20. The van der Waals surface area contributed by atoms with E-state index in [1.165, 1.54) is 10.4 Å². The fourth-order valence-corrected chi connectivity index (χ4v) is 3.53. The first-order chi connectivity index (χ1) is 8.95. The molecule has 108 valence electrons. The Morgan fingerprint density at radius 3 is 2.68 bits per heavy atom. The van der Waals surface area contributed by atoms with Crippen molar-refractivity contribution in [2.24, 2.45) is 0 Å². The van der Waals surface area contributed by atoms with Crippen molar-refractivity contribution in [1.29, 1.82) is 0 Å². The highest BCUT2D eigenvalue weighted by atomic mass is 32.2. The summed E-state index contributed by atoms with van der Waals surface area (Å²) in [5.41, 5.74) is 0. The molecule has 6 nitrogen and oxygen atoms in total. The summed E-state index contributed by atoms with van der Waals surface area (Å²) in [7, 11) is -3.67. The van der Waals surface area contributed by atoms with E-state index in [1.54, 1.807) is 26.1 Å². The molecule has 0 saturated carbocycles. The van der Waals surface area contributed by atoms with Crippen LogP contribution in [0, 0.1) is 0 Å². The van der Waals surface area contributed by atoms with Crippen LogP contribution in [0.3, 0.4) is 0 Å². The van der Waals surface area contributed by atoms with Gasteiger partial charge in [-0.05, 0) is 32.9 Å². The van der Waals surface area contributed by atoms with Crippen LogP contribution >= 0.6 is 0 Å². The molecule has 0 unspecified atom stereocenters. The van der Waals surface area contributed by atoms with Crippen LogP contribution in [-0.4, -0.2) is 48.6 Å². The van der Waals surface area contributed by atoms with Crippen molar-refractivity contribution in [3.05, 3.63) is 18.3 Å². The topological polar surface area (TPSA) is 82.5 Å². The van der Waals surface area contributed by atoms with E-state index >= 15 is 0 Å². The number of anilines is 1. The van der Waals surface area contributed by atoms with Gasteiger partial charge in [0.15, 0.2) is 0 Å². The van der Waals surface area contributed by atoms with E-state index in [2.05, 4.69) is 10.3 Å². The number of hydrogen-bond donors (Lipinski definition) is 2. The molecule has 0 amide bonds. The second-order valence-corrected chi connectivity index (χ2v) is 6.17. The van der Waals surface area contributed by atoms with Crippen LogP contribution in [-0.2, 0) is 10.0 Å². The molecule has 0 aliphatic carbocycles. The maximum Gasteiger partial charge on any atom is 0.247 e. The van der Waals surface area contributed by atoms with Gasteiger partial charge in [0.2, 0.25) is 10.0 Å². The van der Waals surface area contributed by atoms with Crippen LogP contribution < -0.4 is 5.32 Å². The fraction of sp³-hybridized carbons (Fsp3) is 0.583. The van der Waals surface area contributed by atoms with Crippen molar-refractivity contribution in [3.63, 3.8) is 0 Å². The maximum absolute atomic E-state index is 12.6. The summed E-state index contributed by atoms with van der Waals surface area (Å²) in [6.07, 6.45) is 1.54. The summed E-state index contributed by atoms with van der Waals surface area (Å²) in [6, 6.07) is 2.88. The molecule has 0 saturated heterocycles. The van der Waals surface area contributed by atoms with Crippen molar-refractivity contribution >= 4 is 15.8 Å². The molecule has 0 aliphatic heterocycles. The van der Waals surface area contributed by atoms with E-state index in [-0.39, 0.29) is 24.1 Å². The standard InChI is InChI=1S/C12H21N3O3S/c1-4-13-12-11(6-5-7-14-12)19(17,18)15(8-9-16)10(2)3/h5-7,10,16H,4,8-9H2,1-3H3,(H,13,14). The predicted octanol–water partition coefficient (Wildman–Crippen LogP) is 0.905. The Labute approximate surface area is 114 Å². The average Bonchev–Trinajstić information content (AvgIpc) is 2.36. The van der Waals surface area contributed by atoms with Gasteiger partial charge in [-0.1, -0.05) is 0 Å². The van der Waals surface area contributed by atoms with Gasteiger partial charge in [-0.3, -0.25) is 0 Å². The van der Waals surface area contributed by atoms with Crippen molar-refractivity contribution in [3.8, 4) is 0 Å². The van der Waals surface area contributed by atoms with Crippen molar-refractivity contribution in [1.82, 2.24) is 9.29 Å². The molecule has 0 atom stereocenters. The number of nitrogens with one attached hydrogen (secondary N) is 1. The third-order valence-electron chi connectivity index (χ3n) is 2.60. The Hall–Kier alpha value is -1.18. The number of rotatable bonds is 7. The highest BCUT2D eigenvalue weighted by molar-refractivity contribution is 7.89. The Kier molecular flexibility index (Phi) is 5.71. The van der Waals surface area contributed by atoms with E-state index in [0.717, 1.165) is 0 Å². The lowest BCUT2D eigenvalue weighted by Gasteiger charge is -2.25. The van der Waals surface area contributed by atoms with E-state index in [9.17, 15) is 8.42 Å². The molecule has 2 N–H and O–H groups in total. The number of aliphatic hydroxyl groups excluding tert-OH is 1. The maximum atomic E-state index is 12.6. The fourth-order valence-electron chi connectivity index (χ4n) is 1.78. The smallest absolute Gasteiger partial charge is 0.247 e. The summed E-state index contributed by atoms with van der Waals surface area (Å²) < 4.78 is 26.5. The van der Waals surface area contributed by atoms with Crippen molar-refractivity contribution < 1.29 is 13.5 Å². The molecule has 1 rings (SSSR count). The van der Waals surface area contributed by atoms with Gasteiger partial charge in [-0.2, -0.15) is 4.31 Å². The molecule has 0 radical (unpaired) electrons. The summed E-state index contributed by atoms with van der Waals surface area (Å²) in [5.74, 6) is 0.341. The second-order valence-electron chi connectivity index (χ2n) is 4.31. The molecule has 1 aromatic rings. The van der Waals surface area contributed by atoms with E-state index in [0.29, 0.717) is 12.4 Å². The van der Waals surface area contributed by atoms with Gasteiger partial charge in [-0.15, -0.1) is 0 Å². The molecule has 0 aromatic carbocycles. The summed E-state index contributed by atoms with van der Waals surface area (Å²) in [6.45, 7) is 5.86. The Balaban J connectivity index is 3.25. The molecule has 0 fully saturated rings. The minimum atomic E-state index is -3.67. The van der Waals surface area contributed by atoms with Gasteiger partial charge in [-0.25, -0.2) is 13.4 Å². The van der Waals surface area contributed by atoms with Gasteiger partial charge in [0, 0.05) is 25.3 Å². The lowest BCUT2D eigenvalue weighted by molar-refractivity contribution is 0.236. The average molecular weight is 287 g/mol. The minimum absolute atomic E-state index is 0.0699. The zero-order chi connectivity index (χ0) is 14.5. The van der Waals surface area contributed by atoms with E-state index < -0.39 is 10.0 Å². The lowest BCUT2D eigenvalue weighted by atomic mass is 10.4. The molecule has 1 heterocycles. The zero-order valence-electron chi connectivity index (χ0n) is 11.5. The molecule has 0 bridgehead atoms. The second kappa shape index (κ2) is 6.83. The Morgan fingerprint density at radius 2 is 2.16 bits per heavy atom. The minimum Gasteiger partial charge on any atom is -0.395 e. The van der Waals surface area contributed by atoms with Crippen molar-refractivity contribution in [2.75, 3.05) is 25.0 Å². The van der Waals surface area contributed by atoms with Crippen LogP contribution in [0.15, 0.2) is 23.2 Å². The van der Waals surface area contributed by atoms with Crippen LogP contribution in [0.5, 0.6) is 0 Å². The first-order valence-electron chi connectivity index (χ1n) is 6.26. The Bertz CT molecular complexity index is 503. The molecule has 0 spiro atoms. The quantitative estimate of drug-likeness (QED) is 0.779. The molecular formula is C12H21N3O3S.